The summed E-state index contributed by atoms with van der Waals surface area (Å²) in [4.78, 5) is 0. The Labute approximate surface area is 121 Å². The minimum Gasteiger partial charge on any atom is -0.388 e. The number of aliphatic hydroxyl groups excluding tert-OH is 1. The van der Waals surface area contributed by atoms with E-state index in [-0.39, 0.29) is 11.5 Å². The van der Waals surface area contributed by atoms with E-state index in [0.29, 0.717) is 19.8 Å². The lowest BCUT2D eigenvalue weighted by molar-refractivity contribution is -0.223. The van der Waals surface area contributed by atoms with Crippen molar-refractivity contribution in [3.05, 3.63) is 0 Å². The molecule has 1 spiro atoms. The van der Waals surface area contributed by atoms with Gasteiger partial charge in [0.1, 0.15) is 6.10 Å². The lowest BCUT2D eigenvalue weighted by atomic mass is 9.78. The van der Waals surface area contributed by atoms with Gasteiger partial charge in [-0.05, 0) is 45.4 Å². The summed E-state index contributed by atoms with van der Waals surface area (Å²) in [6.07, 6.45) is 2.46. The van der Waals surface area contributed by atoms with E-state index in [4.69, 9.17) is 18.9 Å². The summed E-state index contributed by atoms with van der Waals surface area (Å²) in [6.45, 7) is 7.14. The Balaban J connectivity index is 1.95. The zero-order valence-corrected chi connectivity index (χ0v) is 12.7. The van der Waals surface area contributed by atoms with Crippen LogP contribution in [0.5, 0.6) is 0 Å². The van der Waals surface area contributed by atoms with Gasteiger partial charge in [0.15, 0.2) is 6.29 Å². The van der Waals surface area contributed by atoms with Gasteiger partial charge < -0.3 is 24.1 Å². The van der Waals surface area contributed by atoms with Crippen LogP contribution < -0.4 is 0 Å². The van der Waals surface area contributed by atoms with Gasteiger partial charge in [0, 0.05) is 33.0 Å². The standard InChI is InChI=1S/C15H28O5/c1-3-18-14(19-4-2)13(16)12-5-8-20-15(11-12)6-9-17-10-7-15/h12-14,16H,3-11H2,1-2H3. The quantitative estimate of drug-likeness (QED) is 0.754. The molecule has 2 rings (SSSR count). The summed E-state index contributed by atoms with van der Waals surface area (Å²) in [5.74, 6) is 0.171. The molecule has 0 saturated carbocycles. The Morgan fingerprint density at radius 2 is 1.80 bits per heavy atom. The van der Waals surface area contributed by atoms with Gasteiger partial charge in [-0.25, -0.2) is 0 Å². The molecule has 2 saturated heterocycles. The molecule has 1 N–H and O–H groups in total. The van der Waals surface area contributed by atoms with Crippen LogP contribution in [0.25, 0.3) is 0 Å². The Morgan fingerprint density at radius 3 is 2.40 bits per heavy atom. The summed E-state index contributed by atoms with van der Waals surface area (Å²) < 4.78 is 22.5. The van der Waals surface area contributed by atoms with Crippen LogP contribution in [0.4, 0.5) is 0 Å². The van der Waals surface area contributed by atoms with E-state index >= 15 is 0 Å². The van der Waals surface area contributed by atoms with Crippen molar-refractivity contribution in [2.75, 3.05) is 33.0 Å². The van der Waals surface area contributed by atoms with Gasteiger partial charge in [0.25, 0.3) is 0 Å². The van der Waals surface area contributed by atoms with Crippen LogP contribution >= 0.6 is 0 Å². The summed E-state index contributed by atoms with van der Waals surface area (Å²) >= 11 is 0. The average molecular weight is 288 g/mol. The van der Waals surface area contributed by atoms with Crippen molar-refractivity contribution >= 4 is 0 Å². The molecule has 2 aliphatic rings. The maximum Gasteiger partial charge on any atom is 0.183 e. The molecule has 118 valence electrons. The molecule has 0 amide bonds. The molecule has 0 aromatic carbocycles. The Kier molecular flexibility index (Phi) is 6.23. The molecule has 0 aromatic heterocycles. The van der Waals surface area contributed by atoms with Crippen LogP contribution in [-0.4, -0.2) is 56.1 Å². The van der Waals surface area contributed by atoms with Crippen LogP contribution in [0.1, 0.15) is 39.5 Å². The van der Waals surface area contributed by atoms with E-state index in [0.717, 1.165) is 38.9 Å². The van der Waals surface area contributed by atoms with E-state index in [1.54, 1.807) is 0 Å². The normalized spacial score (nSPS) is 27.9. The highest BCUT2D eigenvalue weighted by Crippen LogP contribution is 2.39. The Morgan fingerprint density at radius 1 is 1.15 bits per heavy atom. The molecule has 20 heavy (non-hydrogen) atoms. The van der Waals surface area contributed by atoms with E-state index in [1.807, 2.05) is 13.8 Å². The summed E-state index contributed by atoms with van der Waals surface area (Å²) in [6, 6.07) is 0. The topological polar surface area (TPSA) is 57.2 Å². The molecule has 0 radical (unpaired) electrons. The largest absolute Gasteiger partial charge is 0.388 e. The molecule has 5 nitrogen and oxygen atoms in total. The van der Waals surface area contributed by atoms with Crippen molar-refractivity contribution in [3.8, 4) is 0 Å². The average Bonchev–Trinajstić information content (AvgIpc) is 2.47. The lowest BCUT2D eigenvalue weighted by Gasteiger charge is -2.45. The molecule has 2 aliphatic heterocycles. The number of aliphatic hydroxyl groups is 1. The summed E-state index contributed by atoms with van der Waals surface area (Å²) in [7, 11) is 0. The zero-order chi connectivity index (χ0) is 14.4. The maximum absolute atomic E-state index is 10.6. The van der Waals surface area contributed by atoms with Gasteiger partial charge in [-0.1, -0.05) is 0 Å². The second-order valence-corrected chi connectivity index (χ2v) is 5.67. The maximum atomic E-state index is 10.6. The van der Waals surface area contributed by atoms with E-state index in [2.05, 4.69) is 0 Å². The smallest absolute Gasteiger partial charge is 0.183 e. The molecule has 2 heterocycles. The second-order valence-electron chi connectivity index (χ2n) is 5.67. The van der Waals surface area contributed by atoms with Crippen molar-refractivity contribution in [1.82, 2.24) is 0 Å². The van der Waals surface area contributed by atoms with E-state index in [1.165, 1.54) is 0 Å². The molecule has 2 atom stereocenters. The third-order valence-electron chi connectivity index (χ3n) is 4.36. The highest BCUT2D eigenvalue weighted by Gasteiger charge is 2.42. The van der Waals surface area contributed by atoms with E-state index < -0.39 is 12.4 Å². The number of rotatable bonds is 6. The van der Waals surface area contributed by atoms with Gasteiger partial charge in [0.05, 0.1) is 5.60 Å². The fraction of sp³-hybridized carbons (Fsp3) is 1.00. The molecule has 5 heteroatoms. The van der Waals surface area contributed by atoms with Crippen LogP contribution in [0.15, 0.2) is 0 Å². The van der Waals surface area contributed by atoms with Gasteiger partial charge >= 0.3 is 0 Å². The minimum atomic E-state index is -0.585. The molecular formula is C15H28O5. The fourth-order valence-electron chi connectivity index (χ4n) is 3.25. The molecule has 2 fully saturated rings. The van der Waals surface area contributed by atoms with Crippen molar-refractivity contribution in [1.29, 1.82) is 0 Å². The van der Waals surface area contributed by atoms with Gasteiger partial charge in [0.2, 0.25) is 0 Å². The van der Waals surface area contributed by atoms with Gasteiger partial charge in [-0.15, -0.1) is 0 Å². The third-order valence-corrected chi connectivity index (χ3v) is 4.36. The lowest BCUT2D eigenvalue weighted by Crippen LogP contribution is -2.49. The highest BCUT2D eigenvalue weighted by atomic mass is 16.7. The Hall–Kier alpha value is -0.200. The number of hydrogen-bond acceptors (Lipinski definition) is 5. The van der Waals surface area contributed by atoms with Gasteiger partial charge in [-0.3, -0.25) is 0 Å². The van der Waals surface area contributed by atoms with Crippen LogP contribution in [0, 0.1) is 5.92 Å². The van der Waals surface area contributed by atoms with Crippen LogP contribution in [0.3, 0.4) is 0 Å². The van der Waals surface area contributed by atoms with Crippen LogP contribution in [0.2, 0.25) is 0 Å². The minimum absolute atomic E-state index is 0.106. The third kappa shape index (κ3) is 3.92. The summed E-state index contributed by atoms with van der Waals surface area (Å²) in [5, 5.41) is 10.6. The van der Waals surface area contributed by atoms with Crippen molar-refractivity contribution in [2.45, 2.75) is 57.5 Å². The molecular weight excluding hydrogens is 260 g/mol. The van der Waals surface area contributed by atoms with Gasteiger partial charge in [-0.2, -0.15) is 0 Å². The van der Waals surface area contributed by atoms with Crippen molar-refractivity contribution in [2.24, 2.45) is 5.92 Å². The van der Waals surface area contributed by atoms with Crippen molar-refractivity contribution in [3.63, 3.8) is 0 Å². The fourth-order valence-corrected chi connectivity index (χ4v) is 3.25. The first kappa shape index (κ1) is 16.2. The SMILES string of the molecule is CCOC(OCC)C(O)C1CCOC2(CCOCC2)C1. The molecule has 0 aliphatic carbocycles. The predicted octanol–water partition coefficient (Wildman–Crippen LogP) is 1.72. The van der Waals surface area contributed by atoms with Crippen LogP contribution in [-0.2, 0) is 18.9 Å². The first-order chi connectivity index (χ1) is 9.71. The predicted molar refractivity (Wildman–Crippen MR) is 74.5 cm³/mol. The molecule has 2 unspecified atom stereocenters. The second kappa shape index (κ2) is 7.71. The zero-order valence-electron chi connectivity index (χ0n) is 12.7. The monoisotopic (exact) mass is 288 g/mol. The number of ether oxygens (including phenoxy) is 4. The highest BCUT2D eigenvalue weighted by molar-refractivity contribution is 4.91. The first-order valence-corrected chi connectivity index (χ1v) is 7.84. The number of hydrogen-bond donors (Lipinski definition) is 1. The molecule has 0 bridgehead atoms. The summed E-state index contributed by atoms with van der Waals surface area (Å²) in [5.41, 5.74) is -0.106. The Bertz CT molecular complexity index is 266. The molecule has 0 aromatic rings. The van der Waals surface area contributed by atoms with Crippen molar-refractivity contribution < 1.29 is 24.1 Å². The first-order valence-electron chi connectivity index (χ1n) is 7.84. The van der Waals surface area contributed by atoms with E-state index in [9.17, 15) is 5.11 Å².